The number of hydrogen-bond donors (Lipinski definition) is 0. The van der Waals surface area contributed by atoms with Gasteiger partial charge in [0.25, 0.3) is 0 Å². The van der Waals surface area contributed by atoms with Gasteiger partial charge in [-0.15, -0.1) is 11.3 Å². The molecule has 1 nitrogen and oxygen atoms in total. The summed E-state index contributed by atoms with van der Waals surface area (Å²) >= 11 is 1.94. The van der Waals surface area contributed by atoms with Crippen LogP contribution in [0.1, 0.15) is 0 Å². The summed E-state index contributed by atoms with van der Waals surface area (Å²) in [6.07, 6.45) is 0. The largest absolute Gasteiger partial charge is 0.307 e. The molecule has 222 valence electrons. The van der Waals surface area contributed by atoms with Crippen LogP contribution >= 0.6 is 11.3 Å². The number of nitrogens with zero attached hydrogens (tertiary/aromatic N) is 1. The van der Waals surface area contributed by atoms with E-state index < -0.39 is 0 Å². The molecular formula is C46H27NS. The molecule has 0 aliphatic rings. The van der Waals surface area contributed by atoms with Gasteiger partial charge >= 0.3 is 0 Å². The minimum Gasteiger partial charge on any atom is -0.307 e. The number of thiophene rings is 1. The van der Waals surface area contributed by atoms with Crippen molar-refractivity contribution < 1.29 is 0 Å². The molecule has 48 heavy (non-hydrogen) atoms. The van der Waals surface area contributed by atoms with Crippen molar-refractivity contribution in [3.63, 3.8) is 0 Å². The van der Waals surface area contributed by atoms with Gasteiger partial charge in [0.15, 0.2) is 0 Å². The molecule has 2 heterocycles. The van der Waals surface area contributed by atoms with Crippen molar-refractivity contribution in [3.05, 3.63) is 164 Å². The topological polar surface area (TPSA) is 4.93 Å². The van der Waals surface area contributed by atoms with Gasteiger partial charge in [-0.05, 0) is 38.7 Å². The van der Waals surface area contributed by atoms with Crippen LogP contribution in [-0.4, -0.2) is 4.57 Å². The van der Waals surface area contributed by atoms with Gasteiger partial charge < -0.3 is 4.57 Å². The Hall–Kier alpha value is -5.96. The van der Waals surface area contributed by atoms with Crippen LogP contribution in [0.5, 0.6) is 0 Å². The zero-order valence-corrected chi connectivity index (χ0v) is 26.8. The van der Waals surface area contributed by atoms with Crippen LogP contribution in [0.25, 0.3) is 102 Å². The Bertz CT molecular complexity index is 3100. The summed E-state index contributed by atoms with van der Waals surface area (Å²) in [6.45, 7) is 0. The highest BCUT2D eigenvalue weighted by atomic mass is 32.1. The summed E-state index contributed by atoms with van der Waals surface area (Å²) in [6, 6.07) is 60.4. The molecule has 0 N–H and O–H groups in total. The SMILES string of the molecule is c1ccc(-c2cccc3c2sc2c4ccccc4c4c(c32)c2c3ccccc3c3ccccc3c2n4-c2cccc3ccccc23)cc1. The monoisotopic (exact) mass is 625 g/mol. The highest BCUT2D eigenvalue weighted by Crippen LogP contribution is 2.52. The van der Waals surface area contributed by atoms with E-state index in [1.54, 1.807) is 0 Å². The van der Waals surface area contributed by atoms with Crippen molar-refractivity contribution in [1.29, 1.82) is 0 Å². The summed E-state index contributed by atoms with van der Waals surface area (Å²) in [7, 11) is 0. The second-order valence-electron chi connectivity index (χ2n) is 12.8. The fourth-order valence-electron chi connectivity index (χ4n) is 8.38. The van der Waals surface area contributed by atoms with E-state index in [4.69, 9.17) is 0 Å². The maximum atomic E-state index is 2.61. The number of benzene rings is 9. The molecule has 11 aromatic rings. The van der Waals surface area contributed by atoms with E-state index in [0.29, 0.717) is 0 Å². The van der Waals surface area contributed by atoms with Crippen molar-refractivity contribution in [2.24, 2.45) is 0 Å². The first-order valence-electron chi connectivity index (χ1n) is 16.5. The maximum absolute atomic E-state index is 2.61. The van der Waals surface area contributed by atoms with Crippen molar-refractivity contribution in [2.45, 2.75) is 0 Å². The predicted molar refractivity (Wildman–Crippen MR) is 209 cm³/mol. The lowest BCUT2D eigenvalue weighted by Crippen LogP contribution is -1.97. The standard InChI is InChI=1S/C46H27NS/c1-2-14-29(15-3-1)31-25-13-26-38-41-42-40-34-21-8-6-19-32(34)33-20-7-9-22-35(33)43(40)47(39-27-12-17-28-16-4-5-18-30(28)39)44(42)36-23-10-11-24-37(36)46(41)48-45(31)38/h1-27H. The quantitative estimate of drug-likeness (QED) is 0.168. The molecule has 2 heteroatoms. The summed E-state index contributed by atoms with van der Waals surface area (Å²) < 4.78 is 5.30. The van der Waals surface area contributed by atoms with Gasteiger partial charge in [0.1, 0.15) is 0 Å². The summed E-state index contributed by atoms with van der Waals surface area (Å²) in [4.78, 5) is 0. The molecule has 11 rings (SSSR count). The number of fused-ring (bicyclic) bond motifs is 16. The Morgan fingerprint density at radius 2 is 0.875 bits per heavy atom. The van der Waals surface area contributed by atoms with Gasteiger partial charge in [0, 0.05) is 52.5 Å². The summed E-state index contributed by atoms with van der Waals surface area (Å²) in [5, 5.41) is 15.6. The highest BCUT2D eigenvalue weighted by Gasteiger charge is 2.26. The van der Waals surface area contributed by atoms with Crippen LogP contribution in [-0.2, 0) is 0 Å². The van der Waals surface area contributed by atoms with E-state index >= 15 is 0 Å². The molecule has 0 amide bonds. The van der Waals surface area contributed by atoms with Gasteiger partial charge in [-0.1, -0.05) is 158 Å². The van der Waals surface area contributed by atoms with Crippen LogP contribution in [0.2, 0.25) is 0 Å². The maximum Gasteiger partial charge on any atom is 0.0627 e. The third kappa shape index (κ3) is 3.40. The fourth-order valence-corrected chi connectivity index (χ4v) is 9.76. The number of hydrogen-bond acceptors (Lipinski definition) is 1. The second kappa shape index (κ2) is 9.78. The van der Waals surface area contributed by atoms with E-state index in [0.717, 1.165) is 0 Å². The van der Waals surface area contributed by atoms with Gasteiger partial charge in [0.05, 0.1) is 16.7 Å². The lowest BCUT2D eigenvalue weighted by molar-refractivity contribution is 1.21. The van der Waals surface area contributed by atoms with Gasteiger partial charge in [-0.25, -0.2) is 0 Å². The molecule has 0 saturated heterocycles. The second-order valence-corrected chi connectivity index (χ2v) is 13.8. The Morgan fingerprint density at radius 3 is 1.67 bits per heavy atom. The Labute approximate surface area is 280 Å². The average molecular weight is 626 g/mol. The van der Waals surface area contributed by atoms with E-state index in [1.807, 2.05) is 11.3 Å². The molecule has 0 radical (unpaired) electrons. The highest BCUT2D eigenvalue weighted by molar-refractivity contribution is 7.27. The van der Waals surface area contributed by atoms with Crippen molar-refractivity contribution in [2.75, 3.05) is 0 Å². The van der Waals surface area contributed by atoms with Gasteiger partial charge in [0.2, 0.25) is 0 Å². The zero-order chi connectivity index (χ0) is 31.3. The summed E-state index contributed by atoms with van der Waals surface area (Å²) in [5.41, 5.74) is 6.30. The molecule has 0 unspecified atom stereocenters. The van der Waals surface area contributed by atoms with E-state index in [2.05, 4.69) is 168 Å². The Morgan fingerprint density at radius 1 is 0.333 bits per heavy atom. The lowest BCUT2D eigenvalue weighted by Gasteiger charge is -2.15. The Balaban J connectivity index is 1.51. The predicted octanol–water partition coefficient (Wildman–Crippen LogP) is 13.4. The lowest BCUT2D eigenvalue weighted by atomic mass is 9.94. The molecule has 0 aliphatic carbocycles. The molecule has 0 spiro atoms. The molecule has 9 aromatic carbocycles. The molecule has 0 saturated carbocycles. The summed E-state index contributed by atoms with van der Waals surface area (Å²) in [5.74, 6) is 0. The van der Waals surface area contributed by atoms with E-state index in [9.17, 15) is 0 Å². The van der Waals surface area contributed by atoms with E-state index in [-0.39, 0.29) is 0 Å². The molecular weight excluding hydrogens is 599 g/mol. The minimum absolute atomic E-state index is 1.21. The molecule has 0 fully saturated rings. The number of aromatic nitrogens is 1. The van der Waals surface area contributed by atoms with Crippen molar-refractivity contribution >= 4 is 96.4 Å². The van der Waals surface area contributed by atoms with Crippen LogP contribution in [0, 0.1) is 0 Å². The van der Waals surface area contributed by atoms with Gasteiger partial charge in [-0.3, -0.25) is 0 Å². The third-order valence-electron chi connectivity index (χ3n) is 10.3. The van der Waals surface area contributed by atoms with Crippen LogP contribution in [0.4, 0.5) is 0 Å². The van der Waals surface area contributed by atoms with Crippen LogP contribution < -0.4 is 0 Å². The van der Waals surface area contributed by atoms with E-state index in [1.165, 1.54) is 102 Å². The Kier molecular flexibility index (Phi) is 5.32. The average Bonchev–Trinajstić information content (AvgIpc) is 3.73. The van der Waals surface area contributed by atoms with Crippen LogP contribution in [0.3, 0.4) is 0 Å². The fraction of sp³-hybridized carbons (Fsp3) is 0. The van der Waals surface area contributed by atoms with Crippen molar-refractivity contribution in [1.82, 2.24) is 4.57 Å². The first kappa shape index (κ1) is 26.1. The minimum atomic E-state index is 1.21. The molecule has 2 aromatic heterocycles. The smallest absolute Gasteiger partial charge is 0.0627 e. The van der Waals surface area contributed by atoms with Crippen LogP contribution in [0.15, 0.2) is 164 Å². The zero-order valence-electron chi connectivity index (χ0n) is 25.9. The third-order valence-corrected chi connectivity index (χ3v) is 11.6. The van der Waals surface area contributed by atoms with Crippen molar-refractivity contribution in [3.8, 4) is 16.8 Å². The first-order valence-corrected chi connectivity index (χ1v) is 17.4. The number of rotatable bonds is 2. The molecule has 0 bridgehead atoms. The first-order chi connectivity index (χ1) is 23.9. The molecule has 0 atom stereocenters. The normalized spacial score (nSPS) is 12.2. The van der Waals surface area contributed by atoms with Gasteiger partial charge in [-0.2, -0.15) is 0 Å². The molecule has 0 aliphatic heterocycles.